The van der Waals surface area contributed by atoms with E-state index < -0.39 is 0 Å². The first-order chi connectivity index (χ1) is 17.1. The van der Waals surface area contributed by atoms with Gasteiger partial charge in [0.25, 0.3) is 0 Å². The van der Waals surface area contributed by atoms with Gasteiger partial charge in [0.05, 0.1) is 12.7 Å². The van der Waals surface area contributed by atoms with Gasteiger partial charge in [0.15, 0.2) is 0 Å². The Morgan fingerprint density at radius 2 is 1.89 bits per heavy atom. The van der Waals surface area contributed by atoms with E-state index >= 15 is 0 Å². The van der Waals surface area contributed by atoms with Gasteiger partial charge in [-0.1, -0.05) is 47.6 Å². The van der Waals surface area contributed by atoms with Gasteiger partial charge >= 0.3 is 0 Å². The van der Waals surface area contributed by atoms with Crippen LogP contribution in [0, 0.1) is 5.92 Å². The minimum absolute atomic E-state index is 0.141. The fourth-order valence-electron chi connectivity index (χ4n) is 5.31. The number of aryl methyl sites for hydroxylation is 1. The normalized spacial score (nSPS) is 19.6. The van der Waals surface area contributed by atoms with Crippen molar-refractivity contribution in [3.8, 4) is 17.1 Å². The number of nitrogens with zero attached hydrogens (tertiary/aromatic N) is 3. The Balaban J connectivity index is 1.11. The summed E-state index contributed by atoms with van der Waals surface area (Å²) in [5.41, 5.74) is 1.98. The van der Waals surface area contributed by atoms with Crippen molar-refractivity contribution in [2.45, 2.75) is 50.5 Å². The average Bonchev–Trinajstić information content (AvgIpc) is 3.37. The molecule has 35 heavy (non-hydrogen) atoms. The molecule has 2 aromatic carbocycles. The van der Waals surface area contributed by atoms with E-state index in [-0.39, 0.29) is 11.5 Å². The highest BCUT2D eigenvalue weighted by atomic mass is 16.5. The molecular formula is C28H33N3O4. The second-order valence-electron chi connectivity index (χ2n) is 9.70. The molecule has 1 aromatic heterocycles. The summed E-state index contributed by atoms with van der Waals surface area (Å²) >= 11 is 0. The number of aromatic nitrogens is 2. The van der Waals surface area contributed by atoms with E-state index in [0.717, 1.165) is 75.1 Å². The number of likely N-dealkylation sites (tertiary alicyclic amines) is 1. The predicted molar refractivity (Wildman–Crippen MR) is 132 cm³/mol. The number of carbonyl (C=O) groups is 1. The third-order valence-corrected chi connectivity index (χ3v) is 7.37. The van der Waals surface area contributed by atoms with Gasteiger partial charge in [-0.05, 0) is 55.7 Å². The van der Waals surface area contributed by atoms with Crippen LogP contribution in [0.1, 0.15) is 43.6 Å². The van der Waals surface area contributed by atoms with Crippen molar-refractivity contribution in [1.82, 2.24) is 15.0 Å². The Labute approximate surface area is 206 Å². The van der Waals surface area contributed by atoms with Gasteiger partial charge in [-0.15, -0.1) is 0 Å². The Morgan fingerprint density at radius 1 is 1.11 bits per heavy atom. The summed E-state index contributed by atoms with van der Waals surface area (Å²) in [7, 11) is 1.66. The lowest BCUT2D eigenvalue weighted by molar-refractivity contribution is -0.147. The van der Waals surface area contributed by atoms with Gasteiger partial charge in [-0.2, -0.15) is 4.98 Å². The fourth-order valence-corrected chi connectivity index (χ4v) is 5.31. The molecule has 184 valence electrons. The molecule has 3 heterocycles. The predicted octanol–water partition coefficient (Wildman–Crippen LogP) is 4.71. The number of rotatable bonds is 7. The smallest absolute Gasteiger partial charge is 0.227 e. The molecule has 2 aliphatic heterocycles. The first-order valence-electron chi connectivity index (χ1n) is 12.6. The van der Waals surface area contributed by atoms with E-state index in [2.05, 4.69) is 10.1 Å². The number of benzene rings is 2. The second kappa shape index (κ2) is 10.6. The largest absolute Gasteiger partial charge is 0.497 e. The first-order valence-corrected chi connectivity index (χ1v) is 12.6. The number of ether oxygens (including phenoxy) is 2. The Morgan fingerprint density at radius 3 is 2.63 bits per heavy atom. The molecule has 1 amide bonds. The molecule has 1 spiro atoms. The highest BCUT2D eigenvalue weighted by molar-refractivity contribution is 5.76. The van der Waals surface area contributed by atoms with Gasteiger partial charge in [0.1, 0.15) is 5.75 Å². The lowest BCUT2D eigenvalue weighted by Crippen LogP contribution is -2.51. The van der Waals surface area contributed by atoms with Crippen molar-refractivity contribution in [2.24, 2.45) is 5.92 Å². The SMILES string of the molecule is COc1ccc(CCC(=O)N2CCC3(CC2)CC(Cc2nc(-c4ccccc4)no2)CCO3)cc1. The summed E-state index contributed by atoms with van der Waals surface area (Å²) in [6, 6.07) is 17.9. The number of amides is 1. The maximum absolute atomic E-state index is 12.8. The van der Waals surface area contributed by atoms with Crippen LogP contribution in [-0.2, 0) is 22.4 Å². The van der Waals surface area contributed by atoms with E-state index in [1.165, 1.54) is 0 Å². The fraction of sp³-hybridized carbons (Fsp3) is 0.464. The molecule has 1 atom stereocenters. The molecule has 2 fully saturated rings. The van der Waals surface area contributed by atoms with Crippen LogP contribution in [-0.4, -0.2) is 53.4 Å². The maximum atomic E-state index is 12.8. The maximum Gasteiger partial charge on any atom is 0.227 e. The van der Waals surface area contributed by atoms with Crippen molar-refractivity contribution >= 4 is 5.91 Å². The standard InChI is InChI=1S/C28H33N3O4/c1-33-24-10-7-21(8-11-24)9-12-26(32)31-16-14-28(15-17-31)20-22(13-18-34-28)19-25-29-27(30-35-25)23-5-3-2-4-6-23/h2-8,10-11,22H,9,12-20H2,1H3. The van der Waals surface area contributed by atoms with Gasteiger partial charge in [-0.25, -0.2) is 0 Å². The molecule has 0 radical (unpaired) electrons. The average molecular weight is 476 g/mol. The molecule has 3 aromatic rings. The molecule has 1 unspecified atom stereocenters. The molecule has 5 rings (SSSR count). The summed E-state index contributed by atoms with van der Waals surface area (Å²) in [6.45, 7) is 2.26. The summed E-state index contributed by atoms with van der Waals surface area (Å²) in [5.74, 6) is 2.84. The molecular weight excluding hydrogens is 442 g/mol. The highest BCUT2D eigenvalue weighted by Crippen LogP contribution is 2.39. The minimum Gasteiger partial charge on any atom is -0.497 e. The zero-order valence-electron chi connectivity index (χ0n) is 20.3. The second-order valence-corrected chi connectivity index (χ2v) is 9.70. The van der Waals surface area contributed by atoms with Crippen molar-refractivity contribution in [3.05, 3.63) is 66.1 Å². The van der Waals surface area contributed by atoms with E-state index in [0.29, 0.717) is 24.1 Å². The number of piperidine rings is 1. The van der Waals surface area contributed by atoms with Gasteiger partial charge in [-0.3, -0.25) is 4.79 Å². The van der Waals surface area contributed by atoms with Crippen molar-refractivity contribution in [3.63, 3.8) is 0 Å². The molecule has 0 bridgehead atoms. The van der Waals surface area contributed by atoms with E-state index in [4.69, 9.17) is 14.0 Å². The van der Waals surface area contributed by atoms with Crippen LogP contribution < -0.4 is 4.74 Å². The van der Waals surface area contributed by atoms with Crippen LogP contribution in [0.15, 0.2) is 59.1 Å². The van der Waals surface area contributed by atoms with Crippen LogP contribution in [0.3, 0.4) is 0 Å². The monoisotopic (exact) mass is 475 g/mol. The van der Waals surface area contributed by atoms with E-state index in [1.807, 2.05) is 59.5 Å². The quantitative estimate of drug-likeness (QED) is 0.493. The lowest BCUT2D eigenvalue weighted by atomic mass is 9.78. The minimum atomic E-state index is -0.141. The number of hydrogen-bond acceptors (Lipinski definition) is 6. The molecule has 2 aliphatic rings. The third-order valence-electron chi connectivity index (χ3n) is 7.37. The number of hydrogen-bond donors (Lipinski definition) is 0. The lowest BCUT2D eigenvalue weighted by Gasteiger charge is -2.46. The van der Waals surface area contributed by atoms with Crippen LogP contribution >= 0.6 is 0 Å². The summed E-state index contributed by atoms with van der Waals surface area (Å²) in [4.78, 5) is 19.4. The first kappa shape index (κ1) is 23.5. The zero-order valence-corrected chi connectivity index (χ0v) is 20.3. The van der Waals surface area contributed by atoms with Crippen molar-refractivity contribution in [1.29, 1.82) is 0 Å². The summed E-state index contributed by atoms with van der Waals surface area (Å²) < 4.78 is 17.1. The van der Waals surface area contributed by atoms with Gasteiger partial charge in [0.2, 0.25) is 17.6 Å². The topological polar surface area (TPSA) is 77.7 Å². The third kappa shape index (κ3) is 5.73. The van der Waals surface area contributed by atoms with Crippen LogP contribution in [0.25, 0.3) is 11.4 Å². The molecule has 0 N–H and O–H groups in total. The molecule has 0 aliphatic carbocycles. The zero-order chi connectivity index (χ0) is 24.1. The van der Waals surface area contributed by atoms with E-state index in [9.17, 15) is 4.79 Å². The van der Waals surface area contributed by atoms with Crippen molar-refractivity contribution in [2.75, 3.05) is 26.8 Å². The summed E-state index contributed by atoms with van der Waals surface area (Å²) in [6.07, 6.45) is 5.80. The summed E-state index contributed by atoms with van der Waals surface area (Å²) in [5, 5.41) is 4.17. The van der Waals surface area contributed by atoms with Gasteiger partial charge < -0.3 is 18.9 Å². The Kier molecular flexibility index (Phi) is 7.13. The van der Waals surface area contributed by atoms with Gasteiger partial charge in [0, 0.05) is 38.1 Å². The highest BCUT2D eigenvalue weighted by Gasteiger charge is 2.41. The number of methoxy groups -OCH3 is 1. The van der Waals surface area contributed by atoms with Crippen molar-refractivity contribution < 1.29 is 18.8 Å². The molecule has 0 saturated carbocycles. The molecule has 7 nitrogen and oxygen atoms in total. The molecule has 2 saturated heterocycles. The van der Waals surface area contributed by atoms with Crippen LogP contribution in [0.2, 0.25) is 0 Å². The molecule has 7 heteroatoms. The Hall–Kier alpha value is -3.19. The Bertz CT molecular complexity index is 1100. The van der Waals surface area contributed by atoms with Crippen LogP contribution in [0.4, 0.5) is 0 Å². The van der Waals surface area contributed by atoms with E-state index in [1.54, 1.807) is 7.11 Å². The number of carbonyl (C=O) groups excluding carboxylic acids is 1. The van der Waals surface area contributed by atoms with Crippen LogP contribution in [0.5, 0.6) is 5.75 Å².